The summed E-state index contributed by atoms with van der Waals surface area (Å²) in [6.07, 6.45) is 0.279. The molecular weight excluding hydrogens is 468 g/mol. The molecule has 3 rings (SSSR count). The van der Waals surface area contributed by atoms with Gasteiger partial charge >= 0.3 is 6.03 Å². The number of sulfonamides is 1. The summed E-state index contributed by atoms with van der Waals surface area (Å²) < 4.78 is 26.1. The number of hydrogen-bond acceptors (Lipinski definition) is 5. The van der Waals surface area contributed by atoms with Crippen LogP contribution in [0.1, 0.15) is 24.5 Å². The third-order valence-corrected chi connectivity index (χ3v) is 7.78. The minimum atomic E-state index is -3.71. The van der Waals surface area contributed by atoms with E-state index in [1.807, 2.05) is 0 Å². The van der Waals surface area contributed by atoms with Gasteiger partial charge in [0.25, 0.3) is 5.91 Å². The second-order valence-corrected chi connectivity index (χ2v) is 10.5. The van der Waals surface area contributed by atoms with Crippen LogP contribution in [0.3, 0.4) is 0 Å². The minimum Gasteiger partial charge on any atom is -0.324 e. The monoisotopic (exact) mass is 492 g/mol. The fraction of sp³-hybridized carbons (Fsp3) is 0.318. The second kappa shape index (κ2) is 9.12. The Hall–Kier alpha value is -2.95. The molecule has 1 fully saturated rings. The van der Waals surface area contributed by atoms with Gasteiger partial charge in [0.15, 0.2) is 0 Å². The molecule has 2 N–H and O–H groups in total. The molecule has 1 aliphatic heterocycles. The van der Waals surface area contributed by atoms with Gasteiger partial charge in [0.2, 0.25) is 15.9 Å². The van der Waals surface area contributed by atoms with E-state index in [-0.39, 0.29) is 17.0 Å². The Morgan fingerprint density at radius 2 is 1.79 bits per heavy atom. The number of urea groups is 1. The van der Waals surface area contributed by atoms with Crippen LogP contribution in [0, 0.1) is 6.92 Å². The summed E-state index contributed by atoms with van der Waals surface area (Å²) in [6, 6.07) is 10.4. The Bertz CT molecular complexity index is 1210. The van der Waals surface area contributed by atoms with Crippen LogP contribution in [0.2, 0.25) is 5.02 Å². The molecule has 4 amide bonds. The van der Waals surface area contributed by atoms with Crippen LogP contribution < -0.4 is 10.6 Å². The van der Waals surface area contributed by atoms with Crippen molar-refractivity contribution in [1.82, 2.24) is 14.5 Å². The summed E-state index contributed by atoms with van der Waals surface area (Å²) in [5.41, 5.74) is 0.0236. The van der Waals surface area contributed by atoms with Gasteiger partial charge in [-0.25, -0.2) is 17.5 Å². The lowest BCUT2D eigenvalue weighted by Gasteiger charge is -2.25. The van der Waals surface area contributed by atoms with E-state index < -0.39 is 40.0 Å². The van der Waals surface area contributed by atoms with Gasteiger partial charge in [-0.05, 0) is 48.7 Å². The van der Waals surface area contributed by atoms with Crippen LogP contribution in [0.25, 0.3) is 0 Å². The standard InChI is InChI=1S/C22H25ClN4O5S/c1-5-22(15-7-9-16(23)10-8-15)20(29)27(21(30)25-22)13-19(28)24-17-11-6-14(2)18(12-17)33(31,32)26(3)4/h6-12H,5,13H2,1-4H3,(H,24,28)(H,25,30). The summed E-state index contributed by atoms with van der Waals surface area (Å²) in [5.74, 6) is -1.19. The van der Waals surface area contributed by atoms with Gasteiger partial charge in [0.05, 0.1) is 4.90 Å². The minimum absolute atomic E-state index is 0.0491. The fourth-order valence-corrected chi connectivity index (χ4v) is 4.91. The number of aryl methyl sites for hydroxylation is 1. The van der Waals surface area contributed by atoms with Gasteiger partial charge in [-0.2, -0.15) is 0 Å². The molecule has 9 nitrogen and oxygen atoms in total. The number of halogens is 1. The molecule has 2 aromatic rings. The molecule has 0 aromatic heterocycles. The van der Waals surface area contributed by atoms with E-state index in [2.05, 4.69) is 10.6 Å². The fourth-order valence-electron chi connectivity index (χ4n) is 3.64. The van der Waals surface area contributed by atoms with Crippen molar-refractivity contribution in [3.8, 4) is 0 Å². The quantitative estimate of drug-likeness (QED) is 0.576. The first-order chi connectivity index (χ1) is 15.4. The summed E-state index contributed by atoms with van der Waals surface area (Å²) in [5, 5.41) is 5.76. The van der Waals surface area contributed by atoms with Crippen molar-refractivity contribution in [3.05, 3.63) is 58.6 Å². The zero-order chi connectivity index (χ0) is 24.6. The number of nitrogens with zero attached hydrogens (tertiary/aromatic N) is 2. The smallest absolute Gasteiger partial charge is 0.324 e. The third kappa shape index (κ3) is 4.59. The molecule has 33 heavy (non-hydrogen) atoms. The number of nitrogens with one attached hydrogen (secondary N) is 2. The highest BCUT2D eigenvalue weighted by molar-refractivity contribution is 7.89. The van der Waals surface area contributed by atoms with Crippen LogP contribution in [0.15, 0.2) is 47.4 Å². The van der Waals surface area contributed by atoms with Crippen molar-refractivity contribution in [2.75, 3.05) is 26.0 Å². The van der Waals surface area contributed by atoms with Crippen molar-refractivity contribution < 1.29 is 22.8 Å². The predicted molar refractivity (Wildman–Crippen MR) is 124 cm³/mol. The molecule has 2 aromatic carbocycles. The number of carbonyl (C=O) groups excluding carboxylic acids is 3. The van der Waals surface area contributed by atoms with Crippen LogP contribution >= 0.6 is 11.6 Å². The Kier molecular flexibility index (Phi) is 6.83. The summed E-state index contributed by atoms with van der Waals surface area (Å²) in [6.45, 7) is 2.88. The maximum Gasteiger partial charge on any atom is 0.325 e. The molecular formula is C22H25ClN4O5S. The van der Waals surface area contributed by atoms with E-state index >= 15 is 0 Å². The number of carbonyl (C=O) groups is 3. The van der Waals surface area contributed by atoms with E-state index in [4.69, 9.17) is 11.6 Å². The van der Waals surface area contributed by atoms with Crippen LogP contribution in [0.5, 0.6) is 0 Å². The van der Waals surface area contributed by atoms with Crippen LogP contribution in [0.4, 0.5) is 10.5 Å². The lowest BCUT2D eigenvalue weighted by atomic mass is 9.87. The number of rotatable bonds is 7. The van der Waals surface area contributed by atoms with Crippen molar-refractivity contribution in [1.29, 1.82) is 0 Å². The molecule has 0 saturated carbocycles. The highest BCUT2D eigenvalue weighted by Gasteiger charge is 2.51. The van der Waals surface area contributed by atoms with Crippen LogP contribution in [-0.4, -0.2) is 56.1 Å². The molecule has 1 atom stereocenters. The summed E-state index contributed by atoms with van der Waals surface area (Å²) in [4.78, 5) is 39.3. The maximum atomic E-state index is 13.2. The second-order valence-electron chi connectivity index (χ2n) is 7.90. The van der Waals surface area contributed by atoms with Gasteiger partial charge < -0.3 is 10.6 Å². The highest BCUT2D eigenvalue weighted by atomic mass is 35.5. The molecule has 1 aliphatic rings. The summed E-state index contributed by atoms with van der Waals surface area (Å²) in [7, 11) is -0.884. The van der Waals surface area contributed by atoms with E-state index in [1.54, 1.807) is 50.2 Å². The zero-order valence-electron chi connectivity index (χ0n) is 18.7. The molecule has 176 valence electrons. The first-order valence-corrected chi connectivity index (χ1v) is 12.0. The van der Waals surface area contributed by atoms with Gasteiger partial charge in [0.1, 0.15) is 12.1 Å². The normalized spacial score (nSPS) is 18.5. The van der Waals surface area contributed by atoms with Crippen molar-refractivity contribution >= 4 is 45.2 Å². The molecule has 0 bridgehead atoms. The first-order valence-electron chi connectivity index (χ1n) is 10.2. The third-order valence-electron chi connectivity index (χ3n) is 5.58. The van der Waals surface area contributed by atoms with Crippen LogP contribution in [-0.2, 0) is 25.2 Å². The van der Waals surface area contributed by atoms with Crippen molar-refractivity contribution in [2.45, 2.75) is 30.7 Å². The highest BCUT2D eigenvalue weighted by Crippen LogP contribution is 2.33. The number of anilines is 1. The zero-order valence-corrected chi connectivity index (χ0v) is 20.2. The Balaban J connectivity index is 1.81. The van der Waals surface area contributed by atoms with Gasteiger partial charge in [-0.3, -0.25) is 14.5 Å². The number of benzene rings is 2. The molecule has 11 heteroatoms. The molecule has 0 aliphatic carbocycles. The lowest BCUT2D eigenvalue weighted by Crippen LogP contribution is -2.44. The Labute approximate surface area is 197 Å². The lowest BCUT2D eigenvalue weighted by molar-refractivity contribution is -0.134. The average molecular weight is 493 g/mol. The molecule has 1 unspecified atom stereocenters. The molecule has 1 saturated heterocycles. The Morgan fingerprint density at radius 1 is 1.15 bits per heavy atom. The van der Waals surface area contributed by atoms with E-state index in [1.165, 1.54) is 20.2 Å². The number of imide groups is 1. The van der Waals surface area contributed by atoms with Gasteiger partial charge in [-0.1, -0.05) is 36.7 Å². The van der Waals surface area contributed by atoms with E-state index in [0.29, 0.717) is 16.1 Å². The van der Waals surface area contributed by atoms with E-state index in [0.717, 1.165) is 9.21 Å². The summed E-state index contributed by atoms with van der Waals surface area (Å²) >= 11 is 5.94. The maximum absolute atomic E-state index is 13.2. The van der Waals surface area contributed by atoms with Crippen molar-refractivity contribution in [2.24, 2.45) is 0 Å². The Morgan fingerprint density at radius 3 is 2.36 bits per heavy atom. The molecule has 1 heterocycles. The van der Waals surface area contributed by atoms with Gasteiger partial charge in [-0.15, -0.1) is 0 Å². The SMILES string of the molecule is CCC1(c2ccc(Cl)cc2)NC(=O)N(CC(=O)Nc2ccc(C)c(S(=O)(=O)N(C)C)c2)C1=O. The first kappa shape index (κ1) is 24.7. The predicted octanol–water partition coefficient (Wildman–Crippen LogP) is 2.69. The molecule has 0 spiro atoms. The largest absolute Gasteiger partial charge is 0.325 e. The topological polar surface area (TPSA) is 116 Å². The molecule has 0 radical (unpaired) electrons. The average Bonchev–Trinajstić information content (AvgIpc) is 3.00. The van der Waals surface area contributed by atoms with Gasteiger partial charge in [0, 0.05) is 24.8 Å². The van der Waals surface area contributed by atoms with Crippen molar-refractivity contribution in [3.63, 3.8) is 0 Å². The number of amides is 4. The number of hydrogen-bond donors (Lipinski definition) is 2. The van der Waals surface area contributed by atoms with E-state index in [9.17, 15) is 22.8 Å².